The van der Waals surface area contributed by atoms with Crippen LogP contribution in [0.1, 0.15) is 54.6 Å². The van der Waals surface area contributed by atoms with Crippen LogP contribution in [0.2, 0.25) is 0 Å². The molecule has 0 aromatic heterocycles. The number of hydrogen-bond donors (Lipinski definition) is 2. The molecule has 0 heterocycles. The predicted molar refractivity (Wildman–Crippen MR) is 101 cm³/mol. The normalized spacial score (nSPS) is 12.9. The van der Waals surface area contributed by atoms with Gasteiger partial charge in [0, 0.05) is 5.69 Å². The lowest BCUT2D eigenvalue weighted by Crippen LogP contribution is -2.30. The molecule has 0 fully saturated rings. The first kappa shape index (κ1) is 19.7. The van der Waals surface area contributed by atoms with Crippen LogP contribution in [0.5, 0.6) is 0 Å². The molecule has 26 heavy (non-hydrogen) atoms. The van der Waals surface area contributed by atoms with E-state index in [-0.39, 0.29) is 12.5 Å². The van der Waals surface area contributed by atoms with Gasteiger partial charge >= 0.3 is 5.97 Å². The lowest BCUT2D eigenvalue weighted by Gasteiger charge is -2.18. The molecule has 0 aliphatic carbocycles. The van der Waals surface area contributed by atoms with E-state index in [1.807, 2.05) is 24.3 Å². The van der Waals surface area contributed by atoms with Crippen LogP contribution >= 0.6 is 0 Å². The minimum atomic E-state index is -0.926. The number of hydrogen-bond acceptors (Lipinski definition) is 4. The van der Waals surface area contributed by atoms with E-state index in [9.17, 15) is 9.59 Å². The van der Waals surface area contributed by atoms with Crippen molar-refractivity contribution in [2.24, 2.45) is 0 Å². The lowest BCUT2D eigenvalue weighted by molar-refractivity contribution is -0.123. The van der Waals surface area contributed by atoms with Crippen LogP contribution in [0.15, 0.2) is 48.5 Å². The number of aliphatic hydroxyl groups is 1. The Balaban J connectivity index is 2.02. The Morgan fingerprint density at radius 3 is 2.35 bits per heavy atom. The Morgan fingerprint density at radius 2 is 1.73 bits per heavy atom. The predicted octanol–water partition coefficient (Wildman–Crippen LogP) is 3.88. The van der Waals surface area contributed by atoms with Crippen molar-refractivity contribution in [1.29, 1.82) is 0 Å². The number of benzene rings is 2. The molecule has 0 aliphatic heterocycles. The Kier molecular flexibility index (Phi) is 6.92. The number of amides is 1. The third kappa shape index (κ3) is 4.92. The summed E-state index contributed by atoms with van der Waals surface area (Å²) in [5, 5.41) is 11.9. The van der Waals surface area contributed by atoms with Gasteiger partial charge in [0.05, 0.1) is 12.2 Å². The maximum atomic E-state index is 12.4. The highest BCUT2D eigenvalue weighted by molar-refractivity contribution is 5.97. The number of nitrogens with one attached hydrogen (secondary N) is 1. The quantitative estimate of drug-likeness (QED) is 0.739. The van der Waals surface area contributed by atoms with Crippen molar-refractivity contribution < 1.29 is 19.4 Å². The van der Waals surface area contributed by atoms with Gasteiger partial charge in [-0.2, -0.15) is 0 Å². The number of aliphatic hydroxyl groups excluding tert-OH is 1. The average molecular weight is 355 g/mol. The number of ether oxygens (including phenoxy) is 1. The Labute approximate surface area is 154 Å². The van der Waals surface area contributed by atoms with Crippen molar-refractivity contribution in [2.45, 2.75) is 45.8 Å². The van der Waals surface area contributed by atoms with Crippen LogP contribution in [0, 0.1) is 0 Å². The fraction of sp³-hybridized carbons (Fsp3) is 0.333. The first-order valence-corrected chi connectivity index (χ1v) is 8.76. The standard InChI is InChI=1S/C21H25NO4/c1-4-14(2)18-7-5-6-8-19(18)22-20(24)15(3)26-21(25)17-11-9-16(13-23)10-12-17/h5-12,14-15,23H,4,13H2,1-3H3,(H,22,24)/t14-,15-/m1/s1. The summed E-state index contributed by atoms with van der Waals surface area (Å²) >= 11 is 0. The van der Waals surface area contributed by atoms with Crippen LogP contribution in [0.4, 0.5) is 5.69 Å². The van der Waals surface area contributed by atoms with Crippen LogP contribution in [0.3, 0.4) is 0 Å². The SMILES string of the molecule is CC[C@@H](C)c1ccccc1NC(=O)[C@@H](C)OC(=O)c1ccc(CO)cc1. The van der Waals surface area contributed by atoms with E-state index < -0.39 is 12.1 Å². The van der Waals surface area contributed by atoms with Crippen LogP contribution in [-0.2, 0) is 16.1 Å². The summed E-state index contributed by atoms with van der Waals surface area (Å²) in [6.45, 7) is 5.64. The molecule has 2 atom stereocenters. The molecule has 0 bridgehead atoms. The molecule has 2 aromatic rings. The summed E-state index contributed by atoms with van der Waals surface area (Å²) in [4.78, 5) is 24.6. The molecule has 2 rings (SSSR count). The van der Waals surface area contributed by atoms with Crippen LogP contribution in [0.25, 0.3) is 0 Å². The van der Waals surface area contributed by atoms with E-state index in [1.54, 1.807) is 31.2 Å². The first-order chi connectivity index (χ1) is 12.5. The second-order valence-corrected chi connectivity index (χ2v) is 6.29. The second kappa shape index (κ2) is 9.15. The van der Waals surface area contributed by atoms with Gasteiger partial charge < -0.3 is 15.2 Å². The van der Waals surface area contributed by atoms with E-state index in [2.05, 4.69) is 19.2 Å². The molecule has 0 aliphatic rings. The van der Waals surface area contributed by atoms with E-state index in [0.717, 1.165) is 17.7 Å². The summed E-state index contributed by atoms with van der Waals surface area (Å²) < 4.78 is 5.26. The highest BCUT2D eigenvalue weighted by atomic mass is 16.5. The first-order valence-electron chi connectivity index (χ1n) is 8.76. The maximum absolute atomic E-state index is 12.4. The zero-order valence-electron chi connectivity index (χ0n) is 15.4. The van der Waals surface area contributed by atoms with Crippen molar-refractivity contribution in [3.63, 3.8) is 0 Å². The van der Waals surface area contributed by atoms with Crippen LogP contribution < -0.4 is 5.32 Å². The molecule has 0 spiro atoms. The summed E-state index contributed by atoms with van der Waals surface area (Å²) in [5.74, 6) is -0.636. The van der Waals surface area contributed by atoms with Gasteiger partial charge in [-0.1, -0.05) is 44.2 Å². The van der Waals surface area contributed by atoms with Gasteiger partial charge in [0.1, 0.15) is 0 Å². The fourth-order valence-corrected chi connectivity index (χ4v) is 2.52. The van der Waals surface area contributed by atoms with E-state index in [0.29, 0.717) is 17.0 Å². The van der Waals surface area contributed by atoms with Gasteiger partial charge in [-0.3, -0.25) is 4.79 Å². The van der Waals surface area contributed by atoms with Crippen molar-refractivity contribution >= 4 is 17.6 Å². The van der Waals surface area contributed by atoms with Crippen LogP contribution in [-0.4, -0.2) is 23.1 Å². The van der Waals surface area contributed by atoms with E-state index in [4.69, 9.17) is 9.84 Å². The fourth-order valence-electron chi connectivity index (χ4n) is 2.52. The zero-order valence-corrected chi connectivity index (χ0v) is 15.4. The molecule has 5 nitrogen and oxygen atoms in total. The van der Waals surface area contributed by atoms with Crippen molar-refractivity contribution in [1.82, 2.24) is 0 Å². The number of carbonyl (C=O) groups excluding carboxylic acids is 2. The maximum Gasteiger partial charge on any atom is 0.338 e. The Morgan fingerprint density at radius 1 is 1.08 bits per heavy atom. The number of anilines is 1. The molecular formula is C21H25NO4. The molecule has 0 radical (unpaired) electrons. The van der Waals surface area contributed by atoms with E-state index in [1.165, 1.54) is 0 Å². The summed E-state index contributed by atoms with van der Waals surface area (Å²) in [6, 6.07) is 14.1. The summed E-state index contributed by atoms with van der Waals surface area (Å²) in [6.07, 6.45) is 0.0337. The Hall–Kier alpha value is -2.66. The van der Waals surface area contributed by atoms with Gasteiger partial charge in [0.15, 0.2) is 6.10 Å². The van der Waals surface area contributed by atoms with Gasteiger partial charge in [-0.05, 0) is 48.6 Å². The smallest absolute Gasteiger partial charge is 0.338 e. The van der Waals surface area contributed by atoms with Crippen molar-refractivity contribution in [2.75, 3.05) is 5.32 Å². The molecule has 0 saturated heterocycles. The molecule has 0 unspecified atom stereocenters. The zero-order chi connectivity index (χ0) is 19.1. The highest BCUT2D eigenvalue weighted by Crippen LogP contribution is 2.26. The Bertz CT molecular complexity index is 755. The third-order valence-electron chi connectivity index (χ3n) is 4.39. The van der Waals surface area contributed by atoms with Gasteiger partial charge in [-0.15, -0.1) is 0 Å². The van der Waals surface area contributed by atoms with Gasteiger partial charge in [-0.25, -0.2) is 4.79 Å². The summed E-state index contributed by atoms with van der Waals surface area (Å²) in [7, 11) is 0. The minimum absolute atomic E-state index is 0.0935. The van der Waals surface area contributed by atoms with Gasteiger partial charge in [0.2, 0.25) is 0 Å². The van der Waals surface area contributed by atoms with Crippen molar-refractivity contribution in [3.05, 3.63) is 65.2 Å². The average Bonchev–Trinajstić information content (AvgIpc) is 2.67. The van der Waals surface area contributed by atoms with Gasteiger partial charge in [0.25, 0.3) is 5.91 Å². The number of esters is 1. The third-order valence-corrected chi connectivity index (χ3v) is 4.39. The largest absolute Gasteiger partial charge is 0.449 e. The second-order valence-electron chi connectivity index (χ2n) is 6.29. The molecular weight excluding hydrogens is 330 g/mol. The molecule has 5 heteroatoms. The number of carbonyl (C=O) groups is 2. The van der Waals surface area contributed by atoms with E-state index >= 15 is 0 Å². The molecule has 0 saturated carbocycles. The number of rotatable bonds is 7. The minimum Gasteiger partial charge on any atom is -0.449 e. The topological polar surface area (TPSA) is 75.6 Å². The molecule has 2 N–H and O–H groups in total. The monoisotopic (exact) mass is 355 g/mol. The molecule has 138 valence electrons. The van der Waals surface area contributed by atoms with Crippen molar-refractivity contribution in [3.8, 4) is 0 Å². The molecule has 1 amide bonds. The highest BCUT2D eigenvalue weighted by Gasteiger charge is 2.20. The summed E-state index contributed by atoms with van der Waals surface area (Å²) in [5.41, 5.74) is 2.83. The number of para-hydroxylation sites is 1. The molecule has 2 aromatic carbocycles. The lowest BCUT2D eigenvalue weighted by atomic mass is 9.97.